The van der Waals surface area contributed by atoms with Crippen molar-refractivity contribution in [2.45, 2.75) is 96.3 Å². The summed E-state index contributed by atoms with van der Waals surface area (Å²) in [5.41, 5.74) is 3.80. The number of amides is 9. The molecule has 3 aromatic rings. The van der Waals surface area contributed by atoms with E-state index in [1.54, 1.807) is 72.5 Å². The lowest BCUT2D eigenvalue weighted by Gasteiger charge is -2.24. The number of anilines is 2. The Labute approximate surface area is 462 Å². The van der Waals surface area contributed by atoms with Gasteiger partial charge in [-0.2, -0.15) is 0 Å². The molecule has 8 rings (SSSR count). The average Bonchev–Trinajstić information content (AvgIpc) is 4.25. The van der Waals surface area contributed by atoms with Crippen molar-refractivity contribution in [2.24, 2.45) is 10.9 Å². The van der Waals surface area contributed by atoms with Crippen molar-refractivity contribution in [3.8, 4) is 23.0 Å². The van der Waals surface area contributed by atoms with Gasteiger partial charge in [0.25, 0.3) is 23.6 Å². The Morgan fingerprint density at radius 1 is 0.750 bits per heavy atom. The fourth-order valence-electron chi connectivity index (χ4n) is 9.73. The van der Waals surface area contributed by atoms with Gasteiger partial charge in [-0.25, -0.2) is 0 Å². The summed E-state index contributed by atoms with van der Waals surface area (Å²) in [6.45, 7) is 6.59. The SMILES string of the molecule is COc1cc2c(cc1OCCCCCOc1cc3c(cc1OC)C(=O)N1CCC[C@H]1C(=O)N3)N=C[C@@H]1CC(c3ccc(NC(=O)[C@H](C)NC(=O)[C@@H](NC(=O)CCOCCNC(=O)CCN4C(=O)C=CC4=O)C(C)C)cc3)=CN1C2=O. The van der Waals surface area contributed by atoms with E-state index in [1.165, 1.54) is 21.1 Å². The average molecular weight is 1100 g/mol. The molecule has 0 aromatic heterocycles. The van der Waals surface area contributed by atoms with Gasteiger partial charge in [-0.05, 0) is 80.3 Å². The smallest absolute Gasteiger partial charge is 0.260 e. The molecule has 5 aliphatic heterocycles. The number of methoxy groups -OCH3 is 2. The summed E-state index contributed by atoms with van der Waals surface area (Å²) in [5.74, 6) is -2.03. The van der Waals surface area contributed by atoms with Crippen LogP contribution in [0.5, 0.6) is 23.0 Å². The number of rotatable bonds is 26. The fourth-order valence-corrected chi connectivity index (χ4v) is 9.73. The summed E-state index contributed by atoms with van der Waals surface area (Å²) < 4.78 is 28.9. The Bertz CT molecular complexity index is 2970. The molecule has 0 aliphatic carbocycles. The molecule has 23 nitrogen and oxygen atoms in total. The molecule has 23 heteroatoms. The van der Waals surface area contributed by atoms with Gasteiger partial charge in [-0.15, -0.1) is 0 Å². The summed E-state index contributed by atoms with van der Waals surface area (Å²) in [6, 6.07) is 11.0. The van der Waals surface area contributed by atoms with Crippen molar-refractivity contribution in [1.82, 2.24) is 30.7 Å². The Morgan fingerprint density at radius 2 is 1.44 bits per heavy atom. The van der Waals surface area contributed by atoms with Crippen molar-refractivity contribution in [1.29, 1.82) is 0 Å². The standard InChI is InChI=1S/C57H67N9O14/c1-33(2)52(63-49(68)18-24-78-25-19-58-48(67)17-21-65-50(69)15-16-51(65)70)55(73)60-34(3)53(71)61-37-13-11-35(12-14-37)36-26-38-31-59-41-29-46(44(76-4)27-39(41)57(75)66(38)32-36)79-22-7-6-8-23-80-47-30-42-40(28-45(47)77-5)56(74)64-20-9-10-43(64)54(72)62-42/h11-16,27-34,38,43,52H,6-10,17-26H2,1-5H3,(H,58,67)(H,60,73)(H,61,71)(H,62,72)(H,63,68)/t34-,38-,43-,52-/m0/s1. The van der Waals surface area contributed by atoms with Gasteiger partial charge in [-0.1, -0.05) is 26.0 Å². The molecule has 424 valence electrons. The second-order valence-electron chi connectivity index (χ2n) is 20.1. The van der Waals surface area contributed by atoms with Crippen LogP contribution in [0.3, 0.4) is 0 Å². The zero-order valence-corrected chi connectivity index (χ0v) is 45.4. The topological polar surface area (TPSA) is 282 Å². The van der Waals surface area contributed by atoms with Gasteiger partial charge in [0.1, 0.15) is 18.1 Å². The predicted octanol–water partition coefficient (Wildman–Crippen LogP) is 4.28. The number of ether oxygens (including phenoxy) is 5. The first-order chi connectivity index (χ1) is 38.5. The lowest BCUT2D eigenvalue weighted by Crippen LogP contribution is -2.53. The van der Waals surface area contributed by atoms with E-state index in [2.05, 4.69) is 26.6 Å². The maximum atomic E-state index is 14.0. The summed E-state index contributed by atoms with van der Waals surface area (Å²) in [4.78, 5) is 124. The minimum absolute atomic E-state index is 0.0225. The Kier molecular flexibility index (Phi) is 19.0. The number of carbonyl (C=O) groups excluding carboxylic acids is 9. The molecule has 0 bridgehead atoms. The lowest BCUT2D eigenvalue weighted by atomic mass is 10.0. The van der Waals surface area contributed by atoms with Crippen LogP contribution in [0.15, 0.2) is 71.9 Å². The number of imide groups is 1. The molecular formula is C57H67N9O14. The molecule has 1 fully saturated rings. The highest BCUT2D eigenvalue weighted by Gasteiger charge is 2.39. The molecule has 5 aliphatic rings. The van der Waals surface area contributed by atoms with Gasteiger partial charge in [0, 0.05) is 81.3 Å². The molecule has 5 heterocycles. The molecule has 80 heavy (non-hydrogen) atoms. The van der Waals surface area contributed by atoms with Crippen LogP contribution < -0.4 is 45.5 Å². The highest BCUT2D eigenvalue weighted by atomic mass is 16.5. The van der Waals surface area contributed by atoms with Crippen LogP contribution in [-0.2, 0) is 38.3 Å². The number of carbonyl (C=O) groups is 9. The van der Waals surface area contributed by atoms with E-state index >= 15 is 0 Å². The lowest BCUT2D eigenvalue weighted by molar-refractivity contribution is -0.137. The van der Waals surface area contributed by atoms with Crippen molar-refractivity contribution >= 4 is 82.0 Å². The molecule has 0 spiro atoms. The van der Waals surface area contributed by atoms with Crippen LogP contribution >= 0.6 is 0 Å². The van der Waals surface area contributed by atoms with Crippen LogP contribution in [0.4, 0.5) is 17.1 Å². The van der Waals surface area contributed by atoms with Crippen molar-refractivity contribution in [3.05, 3.63) is 83.6 Å². The molecule has 0 unspecified atom stereocenters. The largest absolute Gasteiger partial charge is 0.493 e. The molecule has 1 saturated heterocycles. The second-order valence-corrected chi connectivity index (χ2v) is 20.1. The summed E-state index contributed by atoms with van der Waals surface area (Å²) in [5, 5.41) is 13.7. The third kappa shape index (κ3) is 13.8. The van der Waals surface area contributed by atoms with E-state index in [0.29, 0.717) is 96.6 Å². The van der Waals surface area contributed by atoms with Gasteiger partial charge < -0.3 is 60.1 Å². The number of aliphatic imine (C=N–C) groups is 1. The van der Waals surface area contributed by atoms with Crippen LogP contribution in [0, 0.1) is 5.92 Å². The number of fused-ring (bicyclic) bond motifs is 4. The minimum Gasteiger partial charge on any atom is -0.493 e. The van der Waals surface area contributed by atoms with Gasteiger partial charge in [0.2, 0.25) is 29.5 Å². The van der Waals surface area contributed by atoms with Crippen molar-refractivity contribution < 1.29 is 66.8 Å². The zero-order chi connectivity index (χ0) is 57.0. The summed E-state index contributed by atoms with van der Waals surface area (Å²) in [6.07, 6.45) is 9.79. The predicted molar refractivity (Wildman–Crippen MR) is 293 cm³/mol. The van der Waals surface area contributed by atoms with E-state index in [1.807, 2.05) is 12.1 Å². The molecule has 0 saturated carbocycles. The van der Waals surface area contributed by atoms with Crippen molar-refractivity contribution in [2.75, 3.05) is 70.9 Å². The first-order valence-electron chi connectivity index (χ1n) is 26.8. The molecule has 3 aromatic carbocycles. The van der Waals surface area contributed by atoms with E-state index in [0.717, 1.165) is 41.0 Å². The Morgan fingerprint density at radius 3 is 2.12 bits per heavy atom. The van der Waals surface area contributed by atoms with Crippen LogP contribution in [-0.4, -0.2) is 159 Å². The van der Waals surface area contributed by atoms with Gasteiger partial charge in [0.05, 0.1) is 69.2 Å². The number of unbranched alkanes of at least 4 members (excludes halogenated alkanes) is 2. The highest BCUT2D eigenvalue weighted by molar-refractivity contribution is 6.13. The Hall–Kier alpha value is -8.60. The number of benzene rings is 3. The molecule has 5 N–H and O–H groups in total. The van der Waals surface area contributed by atoms with Crippen LogP contribution in [0.1, 0.15) is 98.4 Å². The first kappa shape index (κ1) is 57.6. The van der Waals surface area contributed by atoms with Gasteiger partial charge in [-0.3, -0.25) is 53.0 Å². The van der Waals surface area contributed by atoms with Crippen LogP contribution in [0.25, 0.3) is 5.57 Å². The molecular weight excluding hydrogens is 1030 g/mol. The van der Waals surface area contributed by atoms with E-state index in [9.17, 15) is 43.2 Å². The molecule has 0 radical (unpaired) electrons. The minimum atomic E-state index is -0.957. The van der Waals surface area contributed by atoms with Crippen LogP contribution in [0.2, 0.25) is 0 Å². The Balaban J connectivity index is 0.749. The molecule has 4 atom stereocenters. The number of hydrogen-bond acceptors (Lipinski definition) is 15. The summed E-state index contributed by atoms with van der Waals surface area (Å²) >= 11 is 0. The number of nitrogens with zero attached hydrogens (tertiary/aromatic N) is 4. The van der Waals surface area contributed by atoms with Gasteiger partial charge >= 0.3 is 0 Å². The zero-order valence-electron chi connectivity index (χ0n) is 45.4. The number of nitrogens with one attached hydrogen (secondary N) is 5. The molecule has 9 amide bonds. The highest BCUT2D eigenvalue weighted by Crippen LogP contribution is 2.41. The first-order valence-corrected chi connectivity index (χ1v) is 26.8. The third-order valence-corrected chi connectivity index (χ3v) is 14.2. The second kappa shape index (κ2) is 26.4. The maximum Gasteiger partial charge on any atom is 0.260 e. The quantitative estimate of drug-likeness (QED) is 0.0555. The summed E-state index contributed by atoms with van der Waals surface area (Å²) in [7, 11) is 3.02. The third-order valence-electron chi connectivity index (χ3n) is 14.2. The maximum absolute atomic E-state index is 14.0. The van der Waals surface area contributed by atoms with E-state index in [-0.39, 0.29) is 74.7 Å². The fraction of sp³-hybridized carbons (Fsp3) is 0.439. The van der Waals surface area contributed by atoms with Gasteiger partial charge in [0.15, 0.2) is 23.0 Å². The van der Waals surface area contributed by atoms with Crippen molar-refractivity contribution in [3.63, 3.8) is 0 Å². The number of hydrogen-bond donors (Lipinski definition) is 5. The van der Waals surface area contributed by atoms with E-state index < -0.39 is 47.7 Å². The normalized spacial score (nSPS) is 17.8. The monoisotopic (exact) mass is 1100 g/mol. The van der Waals surface area contributed by atoms with E-state index in [4.69, 9.17) is 28.7 Å².